The lowest BCUT2D eigenvalue weighted by Gasteiger charge is -2.32. The van der Waals surface area contributed by atoms with Crippen molar-refractivity contribution in [2.45, 2.75) is 58.9 Å². The smallest absolute Gasteiger partial charge is 0.224 e. The number of nitrogens with one attached hydrogen (secondary N) is 2. The molecule has 2 rings (SSSR count). The predicted molar refractivity (Wildman–Crippen MR) is 119 cm³/mol. The van der Waals surface area contributed by atoms with Gasteiger partial charge >= 0.3 is 0 Å². The summed E-state index contributed by atoms with van der Waals surface area (Å²) >= 11 is 0. The van der Waals surface area contributed by atoms with Crippen molar-refractivity contribution in [1.82, 2.24) is 15.3 Å². The topological polar surface area (TPSA) is 79.1 Å². The van der Waals surface area contributed by atoms with E-state index in [1.807, 2.05) is 11.8 Å². The third-order valence-electron chi connectivity index (χ3n) is 4.96. The number of rotatable bonds is 12. The molecule has 1 fully saturated rings. The molecular formula is C22H33FN6. The molecule has 0 saturated heterocycles. The van der Waals surface area contributed by atoms with Gasteiger partial charge in [0.05, 0.1) is 24.2 Å². The molecule has 0 amide bonds. The summed E-state index contributed by atoms with van der Waals surface area (Å²) in [7, 11) is 0. The molecule has 0 aliphatic heterocycles. The largest absolute Gasteiger partial charge is 0.394 e. The Morgan fingerprint density at radius 2 is 2.28 bits per heavy atom. The van der Waals surface area contributed by atoms with Crippen LogP contribution in [0, 0.1) is 18.3 Å². The van der Waals surface area contributed by atoms with Crippen molar-refractivity contribution in [1.29, 1.82) is 0 Å². The number of halogens is 1. The molecule has 1 aromatic rings. The highest BCUT2D eigenvalue weighted by Crippen LogP contribution is 2.29. The van der Waals surface area contributed by atoms with Crippen molar-refractivity contribution < 1.29 is 4.39 Å². The molecule has 1 aliphatic carbocycles. The Morgan fingerprint density at radius 1 is 1.52 bits per heavy atom. The summed E-state index contributed by atoms with van der Waals surface area (Å²) < 4.78 is 14.0. The molecule has 0 bridgehead atoms. The van der Waals surface area contributed by atoms with E-state index in [1.165, 1.54) is 12.8 Å². The molecule has 1 aliphatic rings. The van der Waals surface area contributed by atoms with Gasteiger partial charge in [-0.25, -0.2) is 4.98 Å². The van der Waals surface area contributed by atoms with Gasteiger partial charge in [-0.15, -0.1) is 6.42 Å². The quantitative estimate of drug-likeness (QED) is 0.277. The highest BCUT2D eigenvalue weighted by Gasteiger charge is 2.22. The number of hydrogen-bond acceptors (Lipinski definition) is 6. The van der Waals surface area contributed by atoms with Crippen LogP contribution in [0.3, 0.4) is 0 Å². The molecule has 1 aromatic heterocycles. The fourth-order valence-corrected chi connectivity index (χ4v) is 2.97. The third-order valence-corrected chi connectivity index (χ3v) is 4.96. The number of hydrogen-bond donors (Lipinski definition) is 3. The standard InChI is InChI=1S/C22H33FN6/c1-5-8-10-16(4)29(15-27-20(9-6-2)18(23)7-3)21-19(24)14-26-22(28-21)25-13-17-11-12-17/h3,6,9,14,16-17,27H,5,8,10-13,15,24H2,1-2,4H3,(H,25,26,28)/b9-6-,20-18-. The molecule has 6 nitrogen and oxygen atoms in total. The van der Waals surface area contributed by atoms with Crippen molar-refractivity contribution in [2.24, 2.45) is 5.92 Å². The summed E-state index contributed by atoms with van der Waals surface area (Å²) in [5, 5.41) is 6.39. The van der Waals surface area contributed by atoms with Crippen LogP contribution in [-0.4, -0.2) is 29.2 Å². The zero-order chi connectivity index (χ0) is 21.2. The Morgan fingerprint density at radius 3 is 2.90 bits per heavy atom. The van der Waals surface area contributed by atoms with Crippen LogP contribution in [0.15, 0.2) is 29.9 Å². The molecule has 0 radical (unpaired) electrons. The fourth-order valence-electron chi connectivity index (χ4n) is 2.97. The highest BCUT2D eigenvalue weighted by molar-refractivity contribution is 5.63. The average Bonchev–Trinajstić information content (AvgIpc) is 3.55. The van der Waals surface area contributed by atoms with Crippen LogP contribution in [0.4, 0.5) is 21.8 Å². The molecule has 1 unspecified atom stereocenters. The Bertz CT molecular complexity index is 763. The van der Waals surface area contributed by atoms with Crippen molar-refractivity contribution in [3.8, 4) is 12.3 Å². The van der Waals surface area contributed by atoms with Crippen molar-refractivity contribution in [2.75, 3.05) is 29.2 Å². The van der Waals surface area contributed by atoms with E-state index in [1.54, 1.807) is 18.3 Å². The van der Waals surface area contributed by atoms with E-state index in [0.717, 1.165) is 25.8 Å². The van der Waals surface area contributed by atoms with E-state index in [-0.39, 0.29) is 11.7 Å². The second kappa shape index (κ2) is 11.3. The lowest BCUT2D eigenvalue weighted by atomic mass is 10.1. The number of nitrogens with two attached hydrogens (primary N) is 1. The van der Waals surface area contributed by atoms with Crippen LogP contribution in [0.25, 0.3) is 0 Å². The lowest BCUT2D eigenvalue weighted by molar-refractivity contribution is 0.537. The minimum Gasteiger partial charge on any atom is -0.394 e. The Hall–Kier alpha value is -2.75. The van der Waals surface area contributed by atoms with Crippen LogP contribution >= 0.6 is 0 Å². The first-order chi connectivity index (χ1) is 14.0. The second-order valence-electron chi connectivity index (χ2n) is 7.46. The monoisotopic (exact) mass is 400 g/mol. The molecule has 7 heteroatoms. The zero-order valence-electron chi connectivity index (χ0n) is 17.7. The van der Waals surface area contributed by atoms with E-state index >= 15 is 0 Å². The van der Waals surface area contributed by atoms with Gasteiger partial charge in [0, 0.05) is 12.6 Å². The Labute approximate surface area is 173 Å². The molecule has 29 heavy (non-hydrogen) atoms. The zero-order valence-corrected chi connectivity index (χ0v) is 17.7. The predicted octanol–water partition coefficient (Wildman–Crippen LogP) is 4.20. The minimum atomic E-state index is -0.633. The van der Waals surface area contributed by atoms with Gasteiger partial charge in [-0.2, -0.15) is 9.37 Å². The SMILES string of the molecule is C#C/C(F)=C(\C=C/C)NCN(c1nc(NCC2CC2)ncc1N)C(C)CCCC. The van der Waals surface area contributed by atoms with Crippen LogP contribution in [0.2, 0.25) is 0 Å². The number of anilines is 3. The van der Waals surface area contributed by atoms with E-state index < -0.39 is 5.83 Å². The van der Waals surface area contributed by atoms with Gasteiger partial charge in [0.15, 0.2) is 11.6 Å². The van der Waals surface area contributed by atoms with E-state index in [4.69, 9.17) is 12.2 Å². The van der Waals surface area contributed by atoms with Gasteiger partial charge in [-0.05, 0) is 51.0 Å². The fraction of sp³-hybridized carbons (Fsp3) is 0.545. The maximum Gasteiger partial charge on any atom is 0.224 e. The lowest BCUT2D eigenvalue weighted by Crippen LogP contribution is -2.41. The van der Waals surface area contributed by atoms with Crippen LogP contribution in [0.5, 0.6) is 0 Å². The van der Waals surface area contributed by atoms with Crippen molar-refractivity contribution in [3.05, 3.63) is 29.9 Å². The summed E-state index contributed by atoms with van der Waals surface area (Å²) in [6, 6.07) is 0.150. The maximum absolute atomic E-state index is 14.0. The first-order valence-corrected chi connectivity index (χ1v) is 10.4. The van der Waals surface area contributed by atoms with Gasteiger partial charge in [-0.1, -0.05) is 25.8 Å². The summed E-state index contributed by atoms with van der Waals surface area (Å²) in [6.45, 7) is 7.28. The van der Waals surface area contributed by atoms with Gasteiger partial charge in [-0.3, -0.25) is 0 Å². The number of aromatic nitrogens is 2. The van der Waals surface area contributed by atoms with Crippen molar-refractivity contribution >= 4 is 17.5 Å². The van der Waals surface area contributed by atoms with Gasteiger partial charge < -0.3 is 21.3 Å². The second-order valence-corrected chi connectivity index (χ2v) is 7.46. The van der Waals surface area contributed by atoms with Gasteiger partial charge in [0.2, 0.25) is 5.95 Å². The maximum atomic E-state index is 14.0. The van der Waals surface area contributed by atoms with Crippen LogP contribution < -0.4 is 21.3 Å². The molecule has 0 aromatic carbocycles. The number of unbranched alkanes of at least 4 members (excludes halogenated alkanes) is 1. The van der Waals surface area contributed by atoms with Crippen LogP contribution in [0.1, 0.15) is 52.9 Å². The summed E-state index contributed by atoms with van der Waals surface area (Å²) in [5.74, 6) is 3.32. The van der Waals surface area contributed by atoms with E-state index in [9.17, 15) is 4.39 Å². The van der Waals surface area contributed by atoms with Gasteiger partial charge in [0.25, 0.3) is 0 Å². The normalized spacial score (nSPS) is 15.6. The Kier molecular flexibility index (Phi) is 8.78. The number of nitrogens with zero attached hydrogens (tertiary/aromatic N) is 3. The van der Waals surface area contributed by atoms with Crippen molar-refractivity contribution in [3.63, 3.8) is 0 Å². The molecule has 1 saturated carbocycles. The van der Waals surface area contributed by atoms with E-state index in [2.05, 4.69) is 40.4 Å². The third kappa shape index (κ3) is 6.97. The Balaban J connectivity index is 2.24. The molecule has 4 N–H and O–H groups in total. The first-order valence-electron chi connectivity index (χ1n) is 10.4. The number of terminal acetylenes is 1. The number of allylic oxidation sites excluding steroid dienone is 3. The molecule has 158 valence electrons. The molecular weight excluding hydrogens is 367 g/mol. The summed E-state index contributed by atoms with van der Waals surface area (Å²) in [5.41, 5.74) is 6.97. The highest BCUT2D eigenvalue weighted by atomic mass is 19.1. The minimum absolute atomic E-state index is 0.150. The van der Waals surface area contributed by atoms with E-state index in [0.29, 0.717) is 30.0 Å². The molecule has 1 atom stereocenters. The number of nitrogen functional groups attached to an aromatic ring is 1. The first kappa shape index (κ1) is 22.5. The van der Waals surface area contributed by atoms with Gasteiger partial charge in [0.1, 0.15) is 0 Å². The average molecular weight is 401 g/mol. The molecule has 1 heterocycles. The molecule has 0 spiro atoms. The summed E-state index contributed by atoms with van der Waals surface area (Å²) in [4.78, 5) is 11.0. The van der Waals surface area contributed by atoms with Crippen LogP contribution in [-0.2, 0) is 0 Å². The summed E-state index contributed by atoms with van der Waals surface area (Å²) in [6.07, 6.45) is 15.9.